The summed E-state index contributed by atoms with van der Waals surface area (Å²) in [5.74, 6) is -0.630. The molecule has 0 saturated carbocycles. The summed E-state index contributed by atoms with van der Waals surface area (Å²) in [6, 6.07) is 3.30. The molecule has 0 spiro atoms. The molecule has 6 nitrogen and oxygen atoms in total. The fourth-order valence-corrected chi connectivity index (χ4v) is 4.13. The molecule has 0 amide bonds. The lowest BCUT2D eigenvalue weighted by atomic mass is 9.94. The number of benzene rings is 1. The Bertz CT molecular complexity index is 1270. The first-order valence-corrected chi connectivity index (χ1v) is 9.62. The Labute approximate surface area is 177 Å². The van der Waals surface area contributed by atoms with Crippen LogP contribution in [0.1, 0.15) is 28.6 Å². The van der Waals surface area contributed by atoms with Crippen LogP contribution < -0.4 is 4.90 Å². The second-order valence-electron chi connectivity index (χ2n) is 7.06. The van der Waals surface area contributed by atoms with Gasteiger partial charge in [-0.05, 0) is 30.2 Å². The van der Waals surface area contributed by atoms with Crippen LogP contribution in [-0.4, -0.2) is 31.5 Å². The summed E-state index contributed by atoms with van der Waals surface area (Å²) in [4.78, 5) is 20.7. The summed E-state index contributed by atoms with van der Waals surface area (Å²) in [5, 5.41) is 0.367. The maximum absolute atomic E-state index is 14.8. The SMILES string of the molecule is Fc1c(Cl)ccc2[nH]c3c(c12)CCN(c1nccc(C(F)(F)F)n1)C3c1cncnc1. The van der Waals surface area contributed by atoms with E-state index >= 15 is 0 Å². The van der Waals surface area contributed by atoms with Gasteiger partial charge in [0.1, 0.15) is 18.1 Å². The molecule has 0 bridgehead atoms. The first-order valence-electron chi connectivity index (χ1n) is 9.25. The molecule has 11 heteroatoms. The molecule has 4 heterocycles. The Balaban J connectivity index is 1.71. The van der Waals surface area contributed by atoms with Gasteiger partial charge in [0.25, 0.3) is 0 Å². The minimum atomic E-state index is -4.61. The highest BCUT2D eigenvalue weighted by Gasteiger charge is 2.37. The van der Waals surface area contributed by atoms with E-state index in [0.29, 0.717) is 34.1 Å². The van der Waals surface area contributed by atoms with E-state index in [9.17, 15) is 17.6 Å². The highest BCUT2D eigenvalue weighted by molar-refractivity contribution is 6.31. The van der Waals surface area contributed by atoms with Crippen molar-refractivity contribution in [1.82, 2.24) is 24.9 Å². The number of aromatic nitrogens is 5. The summed E-state index contributed by atoms with van der Waals surface area (Å²) in [6.45, 7) is 0.257. The van der Waals surface area contributed by atoms with Crippen LogP contribution in [0.2, 0.25) is 5.02 Å². The van der Waals surface area contributed by atoms with E-state index in [1.54, 1.807) is 23.4 Å². The standard InChI is InChI=1S/C20H13ClF4N6/c21-12-1-2-13-15(16(12)22)11-4-6-31(19-28-5-3-14(30-19)20(23,24)25)18(17(11)29-13)10-7-26-9-27-8-10/h1-3,5,7-9,18,29H,4,6H2. The van der Waals surface area contributed by atoms with Gasteiger partial charge < -0.3 is 9.88 Å². The van der Waals surface area contributed by atoms with Gasteiger partial charge in [-0.3, -0.25) is 0 Å². The molecule has 31 heavy (non-hydrogen) atoms. The number of aromatic amines is 1. The fraction of sp³-hybridized carbons (Fsp3) is 0.200. The number of fused-ring (bicyclic) bond motifs is 3. The van der Waals surface area contributed by atoms with Crippen molar-refractivity contribution in [3.63, 3.8) is 0 Å². The molecule has 1 N–H and O–H groups in total. The van der Waals surface area contributed by atoms with E-state index in [2.05, 4.69) is 24.9 Å². The first-order chi connectivity index (χ1) is 14.8. The van der Waals surface area contributed by atoms with E-state index in [1.807, 2.05) is 0 Å². The molecule has 1 aromatic carbocycles. The van der Waals surface area contributed by atoms with E-state index in [4.69, 9.17) is 11.6 Å². The van der Waals surface area contributed by atoms with Gasteiger partial charge in [0.05, 0.1) is 5.02 Å². The largest absolute Gasteiger partial charge is 0.433 e. The van der Waals surface area contributed by atoms with Crippen molar-refractivity contribution in [3.8, 4) is 0 Å². The lowest BCUT2D eigenvalue weighted by molar-refractivity contribution is -0.141. The Morgan fingerprint density at radius 3 is 2.65 bits per heavy atom. The molecule has 4 aromatic rings. The van der Waals surface area contributed by atoms with Crippen LogP contribution in [0.5, 0.6) is 0 Å². The topological polar surface area (TPSA) is 70.6 Å². The monoisotopic (exact) mass is 448 g/mol. The van der Waals surface area contributed by atoms with Gasteiger partial charge in [-0.15, -0.1) is 0 Å². The van der Waals surface area contributed by atoms with Crippen molar-refractivity contribution in [1.29, 1.82) is 0 Å². The van der Waals surface area contributed by atoms with Gasteiger partial charge in [-0.25, -0.2) is 24.3 Å². The molecule has 0 fully saturated rings. The molecular formula is C20H13ClF4N6. The average molecular weight is 449 g/mol. The Morgan fingerprint density at radius 2 is 1.90 bits per heavy atom. The molecule has 1 unspecified atom stereocenters. The van der Waals surface area contributed by atoms with Gasteiger partial charge in [0.15, 0.2) is 5.82 Å². The van der Waals surface area contributed by atoms with E-state index in [-0.39, 0.29) is 17.5 Å². The number of alkyl halides is 3. The number of halogens is 5. The maximum atomic E-state index is 14.8. The zero-order valence-corrected chi connectivity index (χ0v) is 16.4. The van der Waals surface area contributed by atoms with Crippen LogP contribution in [0.25, 0.3) is 10.9 Å². The number of hydrogen-bond donors (Lipinski definition) is 1. The third kappa shape index (κ3) is 3.27. The van der Waals surface area contributed by atoms with Crippen LogP contribution in [-0.2, 0) is 12.6 Å². The van der Waals surface area contributed by atoms with E-state index in [0.717, 1.165) is 12.3 Å². The number of anilines is 1. The highest BCUT2D eigenvalue weighted by Crippen LogP contribution is 2.41. The fourth-order valence-electron chi connectivity index (χ4n) is 3.97. The second kappa shape index (κ2) is 7.16. The number of nitrogens with one attached hydrogen (secondary N) is 1. The van der Waals surface area contributed by atoms with Gasteiger partial charge in [-0.2, -0.15) is 13.2 Å². The summed E-state index contributed by atoms with van der Waals surface area (Å²) in [6.07, 6.45) is 1.29. The molecular weight excluding hydrogens is 436 g/mol. The maximum Gasteiger partial charge on any atom is 0.433 e. The molecule has 1 atom stereocenters. The van der Waals surface area contributed by atoms with E-state index < -0.39 is 23.7 Å². The predicted octanol–water partition coefficient (Wildman–Crippen LogP) is 4.71. The molecule has 5 rings (SSSR count). The number of hydrogen-bond acceptors (Lipinski definition) is 5. The van der Waals surface area contributed by atoms with Crippen molar-refractivity contribution in [2.45, 2.75) is 18.6 Å². The minimum Gasteiger partial charge on any atom is -0.356 e. The van der Waals surface area contributed by atoms with Crippen molar-refractivity contribution in [2.75, 3.05) is 11.4 Å². The Hall–Kier alpha value is -3.27. The summed E-state index contributed by atoms with van der Waals surface area (Å²) >= 11 is 5.98. The van der Waals surface area contributed by atoms with Gasteiger partial charge in [-0.1, -0.05) is 11.6 Å². The van der Waals surface area contributed by atoms with Crippen molar-refractivity contribution >= 4 is 28.5 Å². The van der Waals surface area contributed by atoms with Crippen molar-refractivity contribution < 1.29 is 17.6 Å². The van der Waals surface area contributed by atoms with Gasteiger partial charge in [0, 0.05) is 47.3 Å². The van der Waals surface area contributed by atoms with Gasteiger partial charge in [0.2, 0.25) is 5.95 Å². The van der Waals surface area contributed by atoms with Gasteiger partial charge >= 0.3 is 6.18 Å². The summed E-state index contributed by atoms with van der Waals surface area (Å²) in [5.41, 5.74) is 1.41. The summed E-state index contributed by atoms with van der Waals surface area (Å²) < 4.78 is 54.5. The molecule has 1 aliphatic heterocycles. The normalized spacial score (nSPS) is 16.5. The average Bonchev–Trinajstić information content (AvgIpc) is 3.15. The number of H-pyrrole nitrogens is 1. The third-order valence-corrected chi connectivity index (χ3v) is 5.56. The van der Waals surface area contributed by atoms with Crippen LogP contribution in [0.15, 0.2) is 43.1 Å². The van der Waals surface area contributed by atoms with Crippen molar-refractivity contribution in [3.05, 3.63) is 76.5 Å². The lowest BCUT2D eigenvalue weighted by Crippen LogP contribution is -2.37. The van der Waals surface area contributed by atoms with Crippen molar-refractivity contribution in [2.24, 2.45) is 0 Å². The molecule has 1 aliphatic rings. The zero-order valence-electron chi connectivity index (χ0n) is 15.7. The summed E-state index contributed by atoms with van der Waals surface area (Å²) in [7, 11) is 0. The smallest absolute Gasteiger partial charge is 0.356 e. The van der Waals surface area contributed by atoms with Crippen LogP contribution in [0.3, 0.4) is 0 Å². The molecule has 0 saturated heterocycles. The highest BCUT2D eigenvalue weighted by atomic mass is 35.5. The number of nitrogens with zero attached hydrogens (tertiary/aromatic N) is 5. The lowest BCUT2D eigenvalue weighted by Gasteiger charge is -2.36. The Morgan fingerprint density at radius 1 is 1.13 bits per heavy atom. The third-order valence-electron chi connectivity index (χ3n) is 5.27. The molecule has 0 radical (unpaired) electrons. The number of rotatable bonds is 2. The molecule has 0 aliphatic carbocycles. The Kier molecular flexibility index (Phi) is 4.54. The predicted molar refractivity (Wildman–Crippen MR) is 105 cm³/mol. The van der Waals surface area contributed by atoms with Crippen LogP contribution in [0.4, 0.5) is 23.5 Å². The molecule has 158 valence electrons. The minimum absolute atomic E-state index is 0.00228. The van der Waals surface area contributed by atoms with E-state index in [1.165, 1.54) is 12.4 Å². The quantitative estimate of drug-likeness (QED) is 0.450. The first kappa shape index (κ1) is 19.7. The second-order valence-corrected chi connectivity index (χ2v) is 7.47. The zero-order chi connectivity index (χ0) is 21.8. The molecule has 3 aromatic heterocycles. The van der Waals surface area contributed by atoms with Crippen LogP contribution in [0, 0.1) is 5.82 Å². The van der Waals surface area contributed by atoms with Crippen LogP contribution >= 0.6 is 11.6 Å².